The number of likely N-dealkylation sites (tertiary alicyclic amines) is 1. The zero-order valence-corrected chi connectivity index (χ0v) is 14.4. The van der Waals surface area contributed by atoms with Crippen LogP contribution >= 0.6 is 11.3 Å². The van der Waals surface area contributed by atoms with E-state index in [-0.39, 0.29) is 23.8 Å². The smallest absolute Gasteiger partial charge is 0.226 e. The van der Waals surface area contributed by atoms with Crippen LogP contribution in [0.3, 0.4) is 0 Å². The average molecular weight is 323 g/mol. The fourth-order valence-corrected chi connectivity index (χ4v) is 3.89. The van der Waals surface area contributed by atoms with Gasteiger partial charge in [0, 0.05) is 31.4 Å². The van der Waals surface area contributed by atoms with Gasteiger partial charge in [-0.2, -0.15) is 0 Å². The molecule has 2 amide bonds. The largest absolute Gasteiger partial charge is 0.354 e. The molecule has 122 valence electrons. The Morgan fingerprint density at radius 1 is 1.45 bits per heavy atom. The lowest BCUT2D eigenvalue weighted by atomic mass is 9.98. The van der Waals surface area contributed by atoms with Crippen molar-refractivity contribution in [1.29, 1.82) is 0 Å². The molecule has 1 aliphatic rings. The molecule has 1 aliphatic heterocycles. The van der Waals surface area contributed by atoms with Gasteiger partial charge in [0.15, 0.2) is 0 Å². The average Bonchev–Trinajstić information content (AvgIpc) is 3.13. The summed E-state index contributed by atoms with van der Waals surface area (Å²) in [5.74, 6) is -0.251. The summed E-state index contributed by atoms with van der Waals surface area (Å²) in [4.78, 5) is 29.6. The highest BCUT2D eigenvalue weighted by molar-refractivity contribution is 7.10. The van der Waals surface area contributed by atoms with Crippen molar-refractivity contribution >= 4 is 23.2 Å². The minimum absolute atomic E-state index is 0.0109. The molecule has 1 saturated heterocycles. The Hall–Kier alpha value is -1.40. The summed E-state index contributed by atoms with van der Waals surface area (Å²) in [6.07, 6.45) is 0.302. The summed E-state index contributed by atoms with van der Waals surface area (Å²) in [6, 6.07) is 3.84. The number of carbonyl (C=O) groups excluding carboxylic acids is 2. The second kappa shape index (κ2) is 7.74. The van der Waals surface area contributed by atoms with E-state index in [1.54, 1.807) is 23.3 Å². The van der Waals surface area contributed by atoms with E-state index in [2.05, 4.69) is 24.1 Å². The zero-order chi connectivity index (χ0) is 16.1. The third-order valence-corrected chi connectivity index (χ3v) is 5.32. The standard InChI is InChI=1S/C16H25N3O2S/c1-4-19(5-2)9-8-17-16(21)12-11-14(20)18(3)15(12)13-7-6-10-22-13/h6-7,10,12,15H,4-5,8-9,11H2,1-3H3,(H,17,21)/t12-,15+/m0/s1. The number of amides is 2. The first-order chi connectivity index (χ1) is 10.6. The van der Waals surface area contributed by atoms with Crippen LogP contribution < -0.4 is 5.32 Å². The molecule has 2 atom stereocenters. The Bertz CT molecular complexity index is 499. The second-order valence-electron chi connectivity index (χ2n) is 5.59. The van der Waals surface area contributed by atoms with Crippen LogP contribution in [0.15, 0.2) is 17.5 Å². The molecular weight excluding hydrogens is 298 g/mol. The molecule has 1 aromatic heterocycles. The highest BCUT2D eigenvalue weighted by Gasteiger charge is 2.42. The molecule has 1 N–H and O–H groups in total. The summed E-state index contributed by atoms with van der Waals surface area (Å²) in [5, 5.41) is 4.99. The molecule has 0 spiro atoms. The van der Waals surface area contributed by atoms with Crippen molar-refractivity contribution in [3.8, 4) is 0 Å². The summed E-state index contributed by atoms with van der Waals surface area (Å²) in [7, 11) is 1.79. The number of likely N-dealkylation sites (N-methyl/N-ethyl adjacent to an activating group) is 1. The van der Waals surface area contributed by atoms with E-state index < -0.39 is 0 Å². The van der Waals surface area contributed by atoms with Gasteiger partial charge in [-0.25, -0.2) is 0 Å². The van der Waals surface area contributed by atoms with Crippen molar-refractivity contribution in [1.82, 2.24) is 15.1 Å². The third kappa shape index (κ3) is 3.67. The molecular formula is C16H25N3O2S. The zero-order valence-electron chi connectivity index (χ0n) is 13.5. The van der Waals surface area contributed by atoms with Gasteiger partial charge in [0.25, 0.3) is 0 Å². The number of rotatable bonds is 7. The lowest BCUT2D eigenvalue weighted by Crippen LogP contribution is -2.39. The van der Waals surface area contributed by atoms with Gasteiger partial charge in [0.05, 0.1) is 12.0 Å². The monoisotopic (exact) mass is 323 g/mol. The highest BCUT2D eigenvalue weighted by Crippen LogP contribution is 2.38. The topological polar surface area (TPSA) is 52.7 Å². The van der Waals surface area contributed by atoms with Gasteiger partial charge in [-0.05, 0) is 24.5 Å². The fraction of sp³-hybridized carbons (Fsp3) is 0.625. The molecule has 0 saturated carbocycles. The molecule has 0 bridgehead atoms. The lowest BCUT2D eigenvalue weighted by Gasteiger charge is -2.24. The van der Waals surface area contributed by atoms with E-state index in [4.69, 9.17) is 0 Å². The van der Waals surface area contributed by atoms with Crippen LogP contribution in [0.4, 0.5) is 0 Å². The van der Waals surface area contributed by atoms with Crippen LogP contribution in [0.2, 0.25) is 0 Å². The van der Waals surface area contributed by atoms with Crippen LogP contribution in [0, 0.1) is 5.92 Å². The van der Waals surface area contributed by atoms with Crippen molar-refractivity contribution in [3.05, 3.63) is 22.4 Å². The number of thiophene rings is 1. The van der Waals surface area contributed by atoms with E-state index in [0.29, 0.717) is 13.0 Å². The van der Waals surface area contributed by atoms with E-state index in [1.807, 2.05) is 17.5 Å². The van der Waals surface area contributed by atoms with Gasteiger partial charge in [-0.3, -0.25) is 9.59 Å². The van der Waals surface area contributed by atoms with E-state index >= 15 is 0 Å². The lowest BCUT2D eigenvalue weighted by molar-refractivity contribution is -0.128. The number of carbonyl (C=O) groups is 2. The summed E-state index contributed by atoms with van der Waals surface area (Å²) >= 11 is 1.60. The van der Waals surface area contributed by atoms with Crippen LogP contribution in [0.1, 0.15) is 31.2 Å². The summed E-state index contributed by atoms with van der Waals surface area (Å²) in [6.45, 7) is 7.67. The van der Waals surface area contributed by atoms with Crippen LogP contribution in [-0.4, -0.2) is 54.8 Å². The van der Waals surface area contributed by atoms with E-state index in [0.717, 1.165) is 24.5 Å². The van der Waals surface area contributed by atoms with Crippen molar-refractivity contribution in [3.63, 3.8) is 0 Å². The fourth-order valence-electron chi connectivity index (χ4n) is 2.96. The van der Waals surface area contributed by atoms with E-state index in [1.165, 1.54) is 0 Å². The first-order valence-corrected chi connectivity index (χ1v) is 8.75. The van der Waals surface area contributed by atoms with Gasteiger partial charge in [0.1, 0.15) is 0 Å². The first kappa shape index (κ1) is 17.0. The highest BCUT2D eigenvalue weighted by atomic mass is 32.1. The molecule has 2 rings (SSSR count). The first-order valence-electron chi connectivity index (χ1n) is 7.87. The molecule has 5 nitrogen and oxygen atoms in total. The Morgan fingerprint density at radius 3 is 2.77 bits per heavy atom. The van der Waals surface area contributed by atoms with Crippen LogP contribution in [0.25, 0.3) is 0 Å². The van der Waals surface area contributed by atoms with Gasteiger partial charge in [-0.1, -0.05) is 19.9 Å². The Kier molecular flexibility index (Phi) is 5.97. The van der Waals surface area contributed by atoms with Gasteiger partial charge in [0.2, 0.25) is 11.8 Å². The van der Waals surface area contributed by atoms with Gasteiger partial charge in [-0.15, -0.1) is 11.3 Å². The molecule has 1 fully saturated rings. The Morgan fingerprint density at radius 2 is 2.18 bits per heavy atom. The third-order valence-electron chi connectivity index (χ3n) is 4.38. The summed E-state index contributed by atoms with van der Waals surface area (Å²) in [5.41, 5.74) is 0. The molecule has 1 aromatic rings. The molecule has 0 aromatic carbocycles. The SMILES string of the molecule is CCN(CC)CCNC(=O)[C@H]1CC(=O)N(C)[C@H]1c1cccs1. The minimum Gasteiger partial charge on any atom is -0.354 e. The van der Waals surface area contributed by atoms with Crippen LogP contribution in [-0.2, 0) is 9.59 Å². The molecule has 0 unspecified atom stereocenters. The number of nitrogens with one attached hydrogen (secondary N) is 1. The normalized spacial score (nSPS) is 21.6. The summed E-state index contributed by atoms with van der Waals surface area (Å²) < 4.78 is 0. The van der Waals surface area contributed by atoms with Crippen molar-refractivity contribution in [2.75, 3.05) is 33.2 Å². The van der Waals surface area contributed by atoms with Gasteiger partial charge >= 0.3 is 0 Å². The number of nitrogens with zero attached hydrogens (tertiary/aromatic N) is 2. The van der Waals surface area contributed by atoms with Crippen molar-refractivity contribution in [2.45, 2.75) is 26.3 Å². The maximum atomic E-state index is 12.5. The molecule has 0 radical (unpaired) electrons. The maximum Gasteiger partial charge on any atom is 0.226 e. The van der Waals surface area contributed by atoms with E-state index in [9.17, 15) is 9.59 Å². The predicted octanol–water partition coefficient (Wildman–Crippen LogP) is 1.73. The quantitative estimate of drug-likeness (QED) is 0.831. The Labute approximate surface area is 136 Å². The number of hydrogen-bond acceptors (Lipinski definition) is 4. The van der Waals surface area contributed by atoms with Crippen LogP contribution in [0.5, 0.6) is 0 Å². The molecule has 22 heavy (non-hydrogen) atoms. The van der Waals surface area contributed by atoms with Crippen molar-refractivity contribution < 1.29 is 9.59 Å². The molecule has 2 heterocycles. The second-order valence-corrected chi connectivity index (χ2v) is 6.57. The van der Waals surface area contributed by atoms with Gasteiger partial charge < -0.3 is 15.1 Å². The number of hydrogen-bond donors (Lipinski definition) is 1. The molecule has 0 aliphatic carbocycles. The minimum atomic E-state index is -0.284. The Balaban J connectivity index is 1.97. The van der Waals surface area contributed by atoms with Crippen molar-refractivity contribution in [2.24, 2.45) is 5.92 Å². The maximum absolute atomic E-state index is 12.5. The predicted molar refractivity (Wildman–Crippen MR) is 88.7 cm³/mol. The molecule has 6 heteroatoms.